The van der Waals surface area contributed by atoms with Gasteiger partial charge in [0.2, 0.25) is 5.91 Å². The predicted octanol–water partition coefficient (Wildman–Crippen LogP) is 4.29. The van der Waals surface area contributed by atoms with Crippen molar-refractivity contribution in [1.82, 2.24) is 5.32 Å². The van der Waals surface area contributed by atoms with Gasteiger partial charge in [-0.3, -0.25) is 4.79 Å². The zero-order valence-corrected chi connectivity index (χ0v) is 12.2. The third kappa shape index (κ3) is 10.3. The largest absolute Gasteiger partial charge is 0.354 e. The van der Waals surface area contributed by atoms with Crippen LogP contribution in [-0.4, -0.2) is 11.9 Å². The zero-order chi connectivity index (χ0) is 13.1. The number of carbonyl (C=O) groups is 1. The van der Waals surface area contributed by atoms with Crippen molar-refractivity contribution in [2.45, 2.75) is 85.1 Å². The van der Waals surface area contributed by atoms with Crippen LogP contribution in [-0.2, 0) is 4.79 Å². The van der Waals surface area contributed by atoms with Crippen LogP contribution in [0.15, 0.2) is 0 Å². The highest BCUT2D eigenvalue weighted by Gasteiger charge is 2.09. The van der Waals surface area contributed by atoms with Gasteiger partial charge in [0, 0.05) is 12.5 Å². The van der Waals surface area contributed by atoms with E-state index >= 15 is 0 Å². The lowest BCUT2D eigenvalue weighted by Crippen LogP contribution is -2.33. The maximum absolute atomic E-state index is 11.6. The molecule has 0 spiro atoms. The van der Waals surface area contributed by atoms with E-state index in [9.17, 15) is 4.79 Å². The van der Waals surface area contributed by atoms with Crippen molar-refractivity contribution < 1.29 is 4.79 Å². The minimum Gasteiger partial charge on any atom is -0.354 e. The van der Waals surface area contributed by atoms with Crippen LogP contribution in [0, 0.1) is 5.92 Å². The van der Waals surface area contributed by atoms with Crippen LogP contribution in [0.3, 0.4) is 0 Å². The number of unbranched alkanes of at least 4 members (excludes halogenated alkanes) is 4. The van der Waals surface area contributed by atoms with Gasteiger partial charge in [-0.25, -0.2) is 0 Å². The minimum atomic E-state index is 0.234. The number of rotatable bonds is 10. The van der Waals surface area contributed by atoms with Gasteiger partial charge in [0.1, 0.15) is 0 Å². The smallest absolute Gasteiger partial charge is 0.220 e. The summed E-state index contributed by atoms with van der Waals surface area (Å²) in [5.74, 6) is 0.937. The van der Waals surface area contributed by atoms with Crippen LogP contribution in [0.2, 0.25) is 0 Å². The van der Waals surface area contributed by atoms with Crippen LogP contribution in [0.4, 0.5) is 0 Å². The average molecular weight is 241 g/mol. The molecule has 0 bridgehead atoms. The van der Waals surface area contributed by atoms with Crippen molar-refractivity contribution in [2.75, 3.05) is 0 Å². The van der Waals surface area contributed by atoms with Gasteiger partial charge in [-0.1, -0.05) is 52.9 Å². The van der Waals surface area contributed by atoms with Crippen LogP contribution in [0.1, 0.15) is 79.1 Å². The van der Waals surface area contributed by atoms with Crippen molar-refractivity contribution in [2.24, 2.45) is 5.92 Å². The van der Waals surface area contributed by atoms with Gasteiger partial charge in [-0.05, 0) is 25.7 Å². The molecule has 1 N–H and O–H groups in total. The molecule has 2 heteroatoms. The van der Waals surface area contributed by atoms with E-state index in [1.807, 2.05) is 0 Å². The van der Waals surface area contributed by atoms with Gasteiger partial charge in [-0.2, -0.15) is 0 Å². The molecule has 0 aromatic heterocycles. The molecule has 0 aromatic rings. The van der Waals surface area contributed by atoms with Gasteiger partial charge < -0.3 is 5.32 Å². The normalized spacial score (nSPS) is 14.4. The first-order valence-corrected chi connectivity index (χ1v) is 7.39. The molecule has 17 heavy (non-hydrogen) atoms. The fourth-order valence-electron chi connectivity index (χ4n) is 2.07. The van der Waals surface area contributed by atoms with E-state index < -0.39 is 0 Å². The fourth-order valence-corrected chi connectivity index (χ4v) is 2.07. The van der Waals surface area contributed by atoms with E-state index in [0.717, 1.165) is 12.8 Å². The van der Waals surface area contributed by atoms with Gasteiger partial charge in [-0.15, -0.1) is 0 Å². The highest BCUT2D eigenvalue weighted by molar-refractivity contribution is 5.76. The number of carbonyl (C=O) groups excluding carboxylic acids is 1. The quantitative estimate of drug-likeness (QED) is 0.568. The zero-order valence-electron chi connectivity index (χ0n) is 12.2. The molecule has 0 radical (unpaired) electrons. The molecule has 0 saturated heterocycles. The molecule has 102 valence electrons. The summed E-state index contributed by atoms with van der Waals surface area (Å²) in [5, 5.41) is 3.10. The number of amides is 1. The summed E-state index contributed by atoms with van der Waals surface area (Å²) < 4.78 is 0. The van der Waals surface area contributed by atoms with Crippen molar-refractivity contribution >= 4 is 5.91 Å². The second-order valence-corrected chi connectivity index (χ2v) is 5.38. The second kappa shape index (κ2) is 10.6. The first-order valence-electron chi connectivity index (χ1n) is 7.39. The summed E-state index contributed by atoms with van der Waals surface area (Å²) in [5.41, 5.74) is 0. The summed E-state index contributed by atoms with van der Waals surface area (Å²) in [6, 6.07) is 0.327. The summed E-state index contributed by atoms with van der Waals surface area (Å²) in [6.45, 7) is 8.77. The molecule has 0 rings (SSSR count). The molecule has 0 saturated carbocycles. The summed E-state index contributed by atoms with van der Waals surface area (Å²) in [4.78, 5) is 11.6. The Morgan fingerprint density at radius 1 is 1.06 bits per heavy atom. The monoisotopic (exact) mass is 241 g/mol. The van der Waals surface area contributed by atoms with E-state index in [4.69, 9.17) is 0 Å². The van der Waals surface area contributed by atoms with E-state index in [2.05, 4.69) is 33.0 Å². The van der Waals surface area contributed by atoms with E-state index in [-0.39, 0.29) is 5.91 Å². The van der Waals surface area contributed by atoms with Crippen molar-refractivity contribution in [1.29, 1.82) is 0 Å². The lowest BCUT2D eigenvalue weighted by Gasteiger charge is -2.17. The number of hydrogen-bond donors (Lipinski definition) is 1. The third-order valence-corrected chi connectivity index (χ3v) is 3.37. The van der Waals surface area contributed by atoms with Crippen LogP contribution in [0.25, 0.3) is 0 Å². The van der Waals surface area contributed by atoms with Gasteiger partial charge >= 0.3 is 0 Å². The van der Waals surface area contributed by atoms with Gasteiger partial charge in [0.15, 0.2) is 0 Å². The van der Waals surface area contributed by atoms with Crippen LogP contribution >= 0.6 is 0 Å². The highest BCUT2D eigenvalue weighted by atomic mass is 16.1. The Labute approximate surface area is 108 Å². The first-order chi connectivity index (χ1) is 8.10. The predicted molar refractivity (Wildman–Crippen MR) is 75.1 cm³/mol. The number of hydrogen-bond acceptors (Lipinski definition) is 1. The van der Waals surface area contributed by atoms with Gasteiger partial charge in [0.05, 0.1) is 0 Å². The standard InChI is InChI=1S/C15H31NO/c1-5-7-8-9-10-11-15(17)16-14(4)12-13(3)6-2/h13-14H,5-12H2,1-4H3,(H,16,17). The SMILES string of the molecule is CCCCCCCC(=O)NC(C)CC(C)CC. The summed E-state index contributed by atoms with van der Waals surface area (Å²) in [6.07, 6.45) is 9.06. The highest BCUT2D eigenvalue weighted by Crippen LogP contribution is 2.10. The van der Waals surface area contributed by atoms with Crippen molar-refractivity contribution in [3.05, 3.63) is 0 Å². The van der Waals surface area contributed by atoms with Crippen LogP contribution < -0.4 is 5.32 Å². The Morgan fingerprint density at radius 3 is 2.29 bits per heavy atom. The second-order valence-electron chi connectivity index (χ2n) is 5.38. The van der Waals surface area contributed by atoms with Crippen molar-refractivity contribution in [3.63, 3.8) is 0 Å². The molecule has 0 aromatic carbocycles. The maximum Gasteiger partial charge on any atom is 0.220 e. The van der Waals surface area contributed by atoms with E-state index in [1.54, 1.807) is 0 Å². The van der Waals surface area contributed by atoms with Crippen LogP contribution in [0.5, 0.6) is 0 Å². The Morgan fingerprint density at radius 2 is 1.71 bits per heavy atom. The average Bonchev–Trinajstić information content (AvgIpc) is 2.28. The van der Waals surface area contributed by atoms with E-state index in [1.165, 1.54) is 32.1 Å². The Balaban J connectivity index is 3.50. The molecule has 2 unspecified atom stereocenters. The molecular weight excluding hydrogens is 210 g/mol. The molecule has 0 heterocycles. The molecule has 0 aliphatic heterocycles. The lowest BCUT2D eigenvalue weighted by molar-refractivity contribution is -0.121. The summed E-state index contributed by atoms with van der Waals surface area (Å²) in [7, 11) is 0. The van der Waals surface area contributed by atoms with Crippen molar-refractivity contribution in [3.8, 4) is 0 Å². The summed E-state index contributed by atoms with van der Waals surface area (Å²) >= 11 is 0. The maximum atomic E-state index is 11.6. The first kappa shape index (κ1) is 16.5. The molecular formula is C15H31NO. The lowest BCUT2D eigenvalue weighted by atomic mass is 10.0. The third-order valence-electron chi connectivity index (χ3n) is 3.37. The molecule has 0 aliphatic carbocycles. The van der Waals surface area contributed by atoms with E-state index in [0.29, 0.717) is 18.4 Å². The molecule has 0 aliphatic rings. The molecule has 2 atom stereocenters. The Hall–Kier alpha value is -0.530. The minimum absolute atomic E-state index is 0.234. The topological polar surface area (TPSA) is 29.1 Å². The molecule has 0 fully saturated rings. The Kier molecular flexibility index (Phi) is 10.3. The number of nitrogens with one attached hydrogen (secondary N) is 1. The molecule has 1 amide bonds. The Bertz CT molecular complexity index is 191. The van der Waals surface area contributed by atoms with Gasteiger partial charge in [0.25, 0.3) is 0 Å². The molecule has 2 nitrogen and oxygen atoms in total. The fraction of sp³-hybridized carbons (Fsp3) is 0.933.